The molecule has 0 aliphatic carbocycles. The summed E-state index contributed by atoms with van der Waals surface area (Å²) in [5, 5.41) is 12.2. The largest absolute Gasteiger partial charge is 0.465 e. The van der Waals surface area contributed by atoms with E-state index in [1.54, 1.807) is 42.6 Å². The minimum absolute atomic E-state index is 0.00754. The molecular weight excluding hydrogens is 389 g/mol. The number of hydrogen-bond acceptors (Lipinski definition) is 5. The number of benzene rings is 1. The monoisotopic (exact) mass is 409 g/mol. The number of pyridine rings is 1. The Balaban J connectivity index is 1.57. The molecule has 0 saturated carbocycles. The van der Waals surface area contributed by atoms with E-state index in [2.05, 4.69) is 15.3 Å². The van der Waals surface area contributed by atoms with Gasteiger partial charge in [-0.3, -0.25) is 9.36 Å². The smallest absolute Gasteiger partial charge is 0.407 e. The molecule has 1 aromatic carbocycles. The van der Waals surface area contributed by atoms with E-state index in [0.29, 0.717) is 37.2 Å². The van der Waals surface area contributed by atoms with Gasteiger partial charge in [0.25, 0.3) is 5.56 Å². The second-order valence-corrected chi connectivity index (χ2v) is 7.04. The summed E-state index contributed by atoms with van der Waals surface area (Å²) in [6.07, 6.45) is 3.07. The highest BCUT2D eigenvalue weighted by Gasteiger charge is 2.23. The number of carboxylic acid groups (broad SMARTS) is 1. The maximum atomic E-state index is 14.5. The number of hydrogen-bond donors (Lipinski definition) is 2. The molecule has 1 aliphatic rings. The molecule has 1 aliphatic heterocycles. The number of amides is 1. The Bertz CT molecular complexity index is 1130. The summed E-state index contributed by atoms with van der Waals surface area (Å²) in [6, 6.07) is 11.8. The van der Waals surface area contributed by atoms with Gasteiger partial charge >= 0.3 is 6.09 Å². The van der Waals surface area contributed by atoms with Gasteiger partial charge in [0.15, 0.2) is 5.82 Å². The Morgan fingerprint density at radius 3 is 2.70 bits per heavy atom. The lowest BCUT2D eigenvalue weighted by molar-refractivity contribution is 0.133. The summed E-state index contributed by atoms with van der Waals surface area (Å²) in [4.78, 5) is 32.8. The third kappa shape index (κ3) is 4.14. The van der Waals surface area contributed by atoms with Crippen molar-refractivity contribution in [1.82, 2.24) is 19.4 Å². The average Bonchev–Trinajstić information content (AvgIpc) is 2.76. The van der Waals surface area contributed by atoms with Gasteiger partial charge in [-0.1, -0.05) is 18.2 Å². The zero-order valence-electron chi connectivity index (χ0n) is 16.0. The fourth-order valence-corrected chi connectivity index (χ4v) is 3.48. The molecule has 0 unspecified atom stereocenters. The van der Waals surface area contributed by atoms with Gasteiger partial charge in [0, 0.05) is 42.6 Å². The molecule has 0 spiro atoms. The fourth-order valence-electron chi connectivity index (χ4n) is 3.48. The summed E-state index contributed by atoms with van der Waals surface area (Å²) in [6.45, 7) is 0.851. The fraction of sp³-hybridized carbons (Fsp3) is 0.238. The third-order valence-corrected chi connectivity index (χ3v) is 5.06. The maximum absolute atomic E-state index is 14.5. The van der Waals surface area contributed by atoms with Gasteiger partial charge in [0.05, 0.1) is 6.20 Å². The van der Waals surface area contributed by atoms with Gasteiger partial charge in [-0.05, 0) is 31.0 Å². The minimum Gasteiger partial charge on any atom is -0.465 e. The molecule has 30 heavy (non-hydrogen) atoms. The Morgan fingerprint density at radius 1 is 1.17 bits per heavy atom. The standard InChI is InChI=1S/C21H20FN5O3/c22-17-13-23-20(24-15-7-10-26(11-8-15)21(29)30)25-19(17)14-4-3-5-16(12-14)27-9-2-1-6-18(27)28/h1-6,9,12-13,15H,7-8,10-11H2,(H,29,30)(H,23,24,25). The third-order valence-electron chi connectivity index (χ3n) is 5.06. The average molecular weight is 409 g/mol. The van der Waals surface area contributed by atoms with Crippen molar-refractivity contribution in [3.05, 3.63) is 71.0 Å². The number of likely N-dealkylation sites (tertiary alicyclic amines) is 1. The van der Waals surface area contributed by atoms with Crippen molar-refractivity contribution in [2.75, 3.05) is 18.4 Å². The van der Waals surface area contributed by atoms with E-state index in [4.69, 9.17) is 5.11 Å². The predicted octanol–water partition coefficient (Wildman–Crippen LogP) is 2.99. The first-order valence-electron chi connectivity index (χ1n) is 9.57. The Labute approximate surface area is 171 Å². The van der Waals surface area contributed by atoms with E-state index < -0.39 is 11.9 Å². The van der Waals surface area contributed by atoms with Crippen molar-refractivity contribution in [2.45, 2.75) is 18.9 Å². The first-order valence-corrected chi connectivity index (χ1v) is 9.57. The van der Waals surface area contributed by atoms with Gasteiger partial charge in [-0.15, -0.1) is 0 Å². The first-order chi connectivity index (χ1) is 14.5. The molecule has 9 heteroatoms. The van der Waals surface area contributed by atoms with Gasteiger partial charge in [-0.2, -0.15) is 0 Å². The number of piperidine rings is 1. The van der Waals surface area contributed by atoms with Crippen LogP contribution in [0.5, 0.6) is 0 Å². The van der Waals surface area contributed by atoms with Crippen LogP contribution in [0.15, 0.2) is 59.7 Å². The maximum Gasteiger partial charge on any atom is 0.407 e. The van der Waals surface area contributed by atoms with E-state index in [1.165, 1.54) is 15.5 Å². The highest BCUT2D eigenvalue weighted by Crippen LogP contribution is 2.24. The van der Waals surface area contributed by atoms with Crippen molar-refractivity contribution in [3.8, 4) is 16.9 Å². The van der Waals surface area contributed by atoms with Crippen LogP contribution in [-0.2, 0) is 0 Å². The van der Waals surface area contributed by atoms with Gasteiger partial charge < -0.3 is 15.3 Å². The Morgan fingerprint density at radius 2 is 1.97 bits per heavy atom. The molecule has 0 bridgehead atoms. The molecule has 3 heterocycles. The second kappa shape index (κ2) is 8.32. The molecule has 4 rings (SSSR count). The van der Waals surface area contributed by atoms with E-state index in [0.717, 1.165) is 6.20 Å². The number of halogens is 1. The van der Waals surface area contributed by atoms with Crippen LogP contribution in [0.1, 0.15) is 12.8 Å². The van der Waals surface area contributed by atoms with Crippen LogP contribution < -0.4 is 10.9 Å². The lowest BCUT2D eigenvalue weighted by Gasteiger charge is -2.30. The van der Waals surface area contributed by atoms with Crippen LogP contribution in [0.3, 0.4) is 0 Å². The highest BCUT2D eigenvalue weighted by molar-refractivity contribution is 5.65. The van der Waals surface area contributed by atoms with Crippen molar-refractivity contribution in [1.29, 1.82) is 0 Å². The van der Waals surface area contributed by atoms with Gasteiger partial charge in [0.1, 0.15) is 5.69 Å². The molecule has 1 fully saturated rings. The predicted molar refractivity (Wildman–Crippen MR) is 109 cm³/mol. The number of nitrogens with one attached hydrogen (secondary N) is 1. The van der Waals surface area contributed by atoms with Crippen molar-refractivity contribution in [2.24, 2.45) is 0 Å². The zero-order chi connectivity index (χ0) is 21.1. The Kier molecular flexibility index (Phi) is 5.42. The van der Waals surface area contributed by atoms with Crippen LogP contribution in [0.4, 0.5) is 15.1 Å². The normalized spacial score (nSPS) is 14.5. The highest BCUT2D eigenvalue weighted by atomic mass is 19.1. The molecule has 2 aromatic heterocycles. The number of rotatable bonds is 4. The van der Waals surface area contributed by atoms with E-state index in [-0.39, 0.29) is 23.2 Å². The second-order valence-electron chi connectivity index (χ2n) is 7.04. The first kappa shape index (κ1) is 19.6. The zero-order valence-corrected chi connectivity index (χ0v) is 16.0. The molecule has 154 valence electrons. The quantitative estimate of drug-likeness (QED) is 0.687. The molecule has 0 atom stereocenters. The molecule has 8 nitrogen and oxygen atoms in total. The molecule has 1 saturated heterocycles. The Hall–Kier alpha value is -3.75. The van der Waals surface area contributed by atoms with E-state index in [9.17, 15) is 14.0 Å². The summed E-state index contributed by atoms with van der Waals surface area (Å²) in [5.41, 5.74) is 1.06. The van der Waals surface area contributed by atoms with Gasteiger partial charge in [0.2, 0.25) is 5.95 Å². The van der Waals surface area contributed by atoms with Crippen LogP contribution in [-0.4, -0.2) is 49.8 Å². The molecule has 0 radical (unpaired) electrons. The van der Waals surface area contributed by atoms with Crippen molar-refractivity contribution < 1.29 is 14.3 Å². The number of carbonyl (C=O) groups is 1. The molecular formula is C21H20FN5O3. The van der Waals surface area contributed by atoms with E-state index in [1.807, 2.05) is 0 Å². The van der Waals surface area contributed by atoms with Crippen LogP contribution in [0.2, 0.25) is 0 Å². The van der Waals surface area contributed by atoms with Crippen LogP contribution in [0, 0.1) is 5.82 Å². The van der Waals surface area contributed by atoms with Gasteiger partial charge in [-0.25, -0.2) is 19.2 Å². The lowest BCUT2D eigenvalue weighted by Crippen LogP contribution is -2.41. The summed E-state index contributed by atoms with van der Waals surface area (Å²) in [7, 11) is 0. The van der Waals surface area contributed by atoms with Crippen LogP contribution >= 0.6 is 0 Å². The summed E-state index contributed by atoms with van der Waals surface area (Å²) >= 11 is 0. The summed E-state index contributed by atoms with van der Waals surface area (Å²) < 4.78 is 16.0. The van der Waals surface area contributed by atoms with Crippen molar-refractivity contribution in [3.63, 3.8) is 0 Å². The number of aromatic nitrogens is 3. The number of nitrogens with zero attached hydrogens (tertiary/aromatic N) is 4. The molecule has 1 amide bonds. The number of anilines is 1. The summed E-state index contributed by atoms with van der Waals surface area (Å²) in [5.74, 6) is -0.290. The SMILES string of the molecule is O=C(O)N1CCC(Nc2ncc(F)c(-c3cccc(-n4ccccc4=O)c3)n2)CC1. The van der Waals surface area contributed by atoms with Crippen LogP contribution in [0.25, 0.3) is 16.9 Å². The topological polar surface area (TPSA) is 100 Å². The molecule has 2 N–H and O–H groups in total. The van der Waals surface area contributed by atoms with Crippen molar-refractivity contribution >= 4 is 12.0 Å². The molecule has 3 aromatic rings. The van der Waals surface area contributed by atoms with E-state index >= 15 is 0 Å². The minimum atomic E-state index is -0.925. The lowest BCUT2D eigenvalue weighted by atomic mass is 10.1.